The number of nitrogens with zero attached hydrogens (tertiary/aromatic N) is 1. The smallest absolute Gasteiger partial charge is 0.296 e. The van der Waals surface area contributed by atoms with E-state index in [-0.39, 0.29) is 18.0 Å². The topological polar surface area (TPSA) is 104 Å². The van der Waals surface area contributed by atoms with Gasteiger partial charge in [0.05, 0.1) is 4.92 Å². The minimum Gasteiger partial charge on any atom is -0.490 e. The lowest BCUT2D eigenvalue weighted by Gasteiger charge is -2.08. The third-order valence-corrected chi connectivity index (χ3v) is 1.84. The van der Waals surface area contributed by atoms with Crippen LogP contribution in [0.5, 0.6) is 5.75 Å². The number of anilines is 1. The van der Waals surface area contributed by atoms with E-state index in [0.29, 0.717) is 12.3 Å². The summed E-state index contributed by atoms with van der Waals surface area (Å²) < 4.78 is 5.20. The molecule has 0 bridgehead atoms. The summed E-state index contributed by atoms with van der Waals surface area (Å²) in [7, 11) is 0. The van der Waals surface area contributed by atoms with Gasteiger partial charge in [0.15, 0.2) is 5.69 Å². The Hall–Kier alpha value is -1.82. The van der Waals surface area contributed by atoms with Crippen LogP contribution in [0.4, 0.5) is 11.4 Å². The van der Waals surface area contributed by atoms with Gasteiger partial charge in [-0.3, -0.25) is 10.1 Å². The van der Waals surface area contributed by atoms with Crippen LogP contribution in [-0.4, -0.2) is 18.1 Å². The molecule has 0 saturated carbocycles. The van der Waals surface area contributed by atoms with Gasteiger partial charge in [-0.15, -0.1) is 0 Å². The monoisotopic (exact) mass is 211 g/mol. The molecule has 6 heteroatoms. The van der Waals surface area contributed by atoms with Crippen molar-refractivity contribution >= 4 is 11.4 Å². The summed E-state index contributed by atoms with van der Waals surface area (Å²) >= 11 is 0. The van der Waals surface area contributed by atoms with Crippen molar-refractivity contribution in [2.75, 3.05) is 18.9 Å². The Morgan fingerprint density at radius 1 is 1.53 bits per heavy atom. The van der Waals surface area contributed by atoms with Crippen LogP contribution >= 0.6 is 0 Å². The van der Waals surface area contributed by atoms with E-state index in [0.717, 1.165) is 5.56 Å². The molecule has 0 radical (unpaired) electrons. The van der Waals surface area contributed by atoms with Crippen molar-refractivity contribution in [3.05, 3.63) is 27.8 Å². The molecule has 0 saturated heterocycles. The summed E-state index contributed by atoms with van der Waals surface area (Å²) in [5.41, 5.74) is 11.5. The first-order valence-electron chi connectivity index (χ1n) is 4.43. The minimum atomic E-state index is -0.530. The summed E-state index contributed by atoms with van der Waals surface area (Å²) in [4.78, 5) is 10.1. The number of nitrogen functional groups attached to an aromatic ring is 1. The Bertz CT molecular complexity index is 379. The second-order valence-corrected chi connectivity index (χ2v) is 3.09. The van der Waals surface area contributed by atoms with Gasteiger partial charge in [-0.2, -0.15) is 0 Å². The quantitative estimate of drug-likeness (QED) is 0.436. The van der Waals surface area contributed by atoms with E-state index in [2.05, 4.69) is 0 Å². The summed E-state index contributed by atoms with van der Waals surface area (Å²) in [5.74, 6) is 0.312. The molecule has 0 fully saturated rings. The van der Waals surface area contributed by atoms with E-state index in [1.165, 1.54) is 6.07 Å². The molecule has 0 aliphatic heterocycles. The van der Waals surface area contributed by atoms with Crippen LogP contribution < -0.4 is 16.2 Å². The molecule has 0 amide bonds. The first kappa shape index (κ1) is 11.3. The zero-order valence-corrected chi connectivity index (χ0v) is 8.40. The second kappa shape index (κ2) is 4.61. The van der Waals surface area contributed by atoms with Crippen LogP contribution in [-0.2, 0) is 0 Å². The fourth-order valence-corrected chi connectivity index (χ4v) is 1.19. The largest absolute Gasteiger partial charge is 0.490 e. The number of hydrogen-bond acceptors (Lipinski definition) is 5. The molecule has 0 spiro atoms. The first-order valence-corrected chi connectivity index (χ1v) is 4.43. The molecule has 0 atom stereocenters. The maximum Gasteiger partial charge on any atom is 0.296 e. The number of benzene rings is 1. The van der Waals surface area contributed by atoms with Crippen molar-refractivity contribution in [2.45, 2.75) is 6.92 Å². The van der Waals surface area contributed by atoms with Gasteiger partial charge in [0, 0.05) is 12.6 Å². The van der Waals surface area contributed by atoms with Gasteiger partial charge in [0.1, 0.15) is 12.4 Å². The molecule has 0 unspecified atom stereocenters. The molecule has 82 valence electrons. The molecule has 1 rings (SSSR count). The zero-order chi connectivity index (χ0) is 11.4. The van der Waals surface area contributed by atoms with Crippen molar-refractivity contribution in [1.29, 1.82) is 0 Å². The lowest BCUT2D eigenvalue weighted by atomic mass is 10.2. The van der Waals surface area contributed by atoms with Gasteiger partial charge in [-0.1, -0.05) is 0 Å². The Morgan fingerprint density at radius 2 is 2.20 bits per heavy atom. The number of hydrogen-bond donors (Lipinski definition) is 2. The Morgan fingerprint density at radius 3 is 2.73 bits per heavy atom. The SMILES string of the molecule is Cc1cc(OCCN)c(N)c([N+](=O)[O-])c1. The van der Waals surface area contributed by atoms with E-state index in [1.54, 1.807) is 13.0 Å². The van der Waals surface area contributed by atoms with E-state index in [4.69, 9.17) is 16.2 Å². The molecule has 0 heterocycles. The number of aryl methyl sites for hydroxylation is 1. The van der Waals surface area contributed by atoms with E-state index in [1.807, 2.05) is 0 Å². The van der Waals surface area contributed by atoms with Gasteiger partial charge in [-0.25, -0.2) is 0 Å². The molecular formula is C9H13N3O3. The highest BCUT2D eigenvalue weighted by atomic mass is 16.6. The fraction of sp³-hybridized carbons (Fsp3) is 0.333. The molecule has 0 aliphatic rings. The van der Waals surface area contributed by atoms with Crippen LogP contribution in [0.15, 0.2) is 12.1 Å². The Kier molecular flexibility index (Phi) is 3.46. The van der Waals surface area contributed by atoms with Crippen LogP contribution in [0.1, 0.15) is 5.56 Å². The number of nitrogens with two attached hydrogens (primary N) is 2. The maximum atomic E-state index is 10.6. The lowest BCUT2D eigenvalue weighted by Crippen LogP contribution is -2.12. The molecule has 1 aromatic carbocycles. The van der Waals surface area contributed by atoms with Gasteiger partial charge >= 0.3 is 0 Å². The Balaban J connectivity index is 3.10. The normalized spacial score (nSPS) is 10.0. The third-order valence-electron chi connectivity index (χ3n) is 1.84. The number of ether oxygens (including phenoxy) is 1. The van der Waals surface area contributed by atoms with Gasteiger partial charge in [0.2, 0.25) is 0 Å². The number of nitro groups is 1. The highest BCUT2D eigenvalue weighted by Crippen LogP contribution is 2.32. The molecule has 0 aromatic heterocycles. The van der Waals surface area contributed by atoms with Crippen LogP contribution in [0.25, 0.3) is 0 Å². The first-order chi connectivity index (χ1) is 7.06. The van der Waals surface area contributed by atoms with Gasteiger partial charge in [0.25, 0.3) is 5.69 Å². The predicted molar refractivity (Wildman–Crippen MR) is 56.8 cm³/mol. The zero-order valence-electron chi connectivity index (χ0n) is 8.40. The summed E-state index contributed by atoms with van der Waals surface area (Å²) in [6.45, 7) is 2.35. The van der Waals surface area contributed by atoms with Crippen molar-refractivity contribution in [2.24, 2.45) is 5.73 Å². The maximum absolute atomic E-state index is 10.6. The molecule has 4 N–H and O–H groups in total. The summed E-state index contributed by atoms with van der Waals surface area (Å²) in [5, 5.41) is 10.6. The minimum absolute atomic E-state index is 0.0408. The van der Waals surface area contributed by atoms with E-state index < -0.39 is 4.92 Å². The van der Waals surface area contributed by atoms with Crippen molar-refractivity contribution < 1.29 is 9.66 Å². The molecule has 0 aliphatic carbocycles. The molecule has 6 nitrogen and oxygen atoms in total. The van der Waals surface area contributed by atoms with Crippen molar-refractivity contribution in [3.63, 3.8) is 0 Å². The summed E-state index contributed by atoms with van der Waals surface area (Å²) in [6, 6.07) is 3.06. The summed E-state index contributed by atoms with van der Waals surface area (Å²) in [6.07, 6.45) is 0. The number of nitro benzene ring substituents is 1. The second-order valence-electron chi connectivity index (χ2n) is 3.09. The van der Waals surface area contributed by atoms with Gasteiger partial charge in [-0.05, 0) is 18.6 Å². The highest BCUT2D eigenvalue weighted by molar-refractivity contribution is 5.68. The van der Waals surface area contributed by atoms with Crippen molar-refractivity contribution in [1.82, 2.24) is 0 Å². The average Bonchev–Trinajstić information content (AvgIpc) is 2.18. The fourth-order valence-electron chi connectivity index (χ4n) is 1.19. The van der Waals surface area contributed by atoms with Crippen molar-refractivity contribution in [3.8, 4) is 5.75 Å². The van der Waals surface area contributed by atoms with E-state index in [9.17, 15) is 10.1 Å². The van der Waals surface area contributed by atoms with Crippen LogP contribution in [0.3, 0.4) is 0 Å². The molecule has 15 heavy (non-hydrogen) atoms. The standard InChI is InChI=1S/C9H13N3O3/c1-6-4-7(12(13)14)9(11)8(5-6)15-3-2-10/h4-5H,2-3,10-11H2,1H3. The van der Waals surface area contributed by atoms with E-state index >= 15 is 0 Å². The lowest BCUT2D eigenvalue weighted by molar-refractivity contribution is -0.384. The third kappa shape index (κ3) is 2.57. The Labute approximate surface area is 87.0 Å². The van der Waals surface area contributed by atoms with Gasteiger partial charge < -0.3 is 16.2 Å². The van der Waals surface area contributed by atoms with Crippen LogP contribution in [0, 0.1) is 17.0 Å². The highest BCUT2D eigenvalue weighted by Gasteiger charge is 2.16. The van der Waals surface area contributed by atoms with Crippen LogP contribution in [0.2, 0.25) is 0 Å². The average molecular weight is 211 g/mol. The predicted octanol–water partition coefficient (Wildman–Crippen LogP) is 0.823. The molecule has 1 aromatic rings. The number of rotatable bonds is 4. The molecular weight excluding hydrogens is 198 g/mol.